The highest BCUT2D eigenvalue weighted by Crippen LogP contribution is 2.31. The summed E-state index contributed by atoms with van der Waals surface area (Å²) in [5.74, 6) is -0.575. The van der Waals surface area contributed by atoms with Crippen LogP contribution in [0.25, 0.3) is 0 Å². The number of nitrogens with one attached hydrogen (secondary N) is 1. The summed E-state index contributed by atoms with van der Waals surface area (Å²) < 4.78 is 0. The molecule has 6 heteroatoms. The number of thioether (sulfide) groups is 1. The quantitative estimate of drug-likeness (QED) is 0.483. The van der Waals surface area contributed by atoms with Gasteiger partial charge in [0, 0.05) is 13.5 Å². The zero-order chi connectivity index (χ0) is 10.0. The second-order valence-corrected chi connectivity index (χ2v) is 4.44. The number of amides is 2. The lowest BCUT2D eigenvalue weighted by Crippen LogP contribution is -2.31. The topological polar surface area (TPSA) is 69.6 Å². The standard InChI is InChI=1S/C7H12N2O3S/c1-4-9(2)7(11)5(13-4)3-6(10)8-12/h4-5,12H,3H2,1-2H3,(H,8,10). The van der Waals surface area contributed by atoms with Crippen molar-refractivity contribution in [1.82, 2.24) is 10.4 Å². The summed E-state index contributed by atoms with van der Waals surface area (Å²) in [5, 5.41) is 8.03. The Labute approximate surface area is 80.4 Å². The number of hydroxylamine groups is 1. The molecule has 2 N–H and O–H groups in total. The molecule has 5 nitrogen and oxygen atoms in total. The lowest BCUT2D eigenvalue weighted by Gasteiger charge is -2.12. The summed E-state index contributed by atoms with van der Waals surface area (Å²) in [4.78, 5) is 23.8. The van der Waals surface area contributed by atoms with Gasteiger partial charge in [-0.3, -0.25) is 14.8 Å². The molecule has 1 aliphatic heterocycles. The predicted molar refractivity (Wildman–Crippen MR) is 48.2 cm³/mol. The van der Waals surface area contributed by atoms with Gasteiger partial charge in [0.2, 0.25) is 11.8 Å². The van der Waals surface area contributed by atoms with Crippen LogP contribution in [0, 0.1) is 0 Å². The Bertz CT molecular complexity index is 234. The van der Waals surface area contributed by atoms with E-state index < -0.39 is 5.91 Å². The molecule has 0 aromatic carbocycles. The maximum atomic E-state index is 11.4. The first-order valence-corrected chi connectivity index (χ1v) is 4.85. The lowest BCUT2D eigenvalue weighted by atomic mass is 10.2. The van der Waals surface area contributed by atoms with Gasteiger partial charge in [-0.05, 0) is 6.92 Å². The smallest absolute Gasteiger partial charge is 0.244 e. The van der Waals surface area contributed by atoms with Crippen LogP contribution >= 0.6 is 11.8 Å². The molecule has 0 saturated carbocycles. The number of nitrogens with zero attached hydrogens (tertiary/aromatic N) is 1. The first-order chi connectivity index (χ1) is 6.06. The third-order valence-corrected chi connectivity index (χ3v) is 3.43. The maximum Gasteiger partial charge on any atom is 0.244 e. The van der Waals surface area contributed by atoms with E-state index in [1.807, 2.05) is 6.92 Å². The fraction of sp³-hybridized carbons (Fsp3) is 0.714. The van der Waals surface area contributed by atoms with Gasteiger partial charge in [-0.25, -0.2) is 5.48 Å². The Morgan fingerprint density at radius 3 is 2.77 bits per heavy atom. The fourth-order valence-corrected chi connectivity index (χ4v) is 2.44. The molecule has 1 saturated heterocycles. The van der Waals surface area contributed by atoms with E-state index in [0.29, 0.717) is 0 Å². The number of rotatable bonds is 2. The van der Waals surface area contributed by atoms with Crippen LogP contribution < -0.4 is 5.48 Å². The van der Waals surface area contributed by atoms with Crippen molar-refractivity contribution in [3.63, 3.8) is 0 Å². The van der Waals surface area contributed by atoms with Gasteiger partial charge in [0.05, 0.1) is 10.6 Å². The number of hydrogen-bond acceptors (Lipinski definition) is 4. The molecular weight excluding hydrogens is 192 g/mol. The van der Waals surface area contributed by atoms with Crippen LogP contribution in [0.3, 0.4) is 0 Å². The zero-order valence-electron chi connectivity index (χ0n) is 7.48. The molecule has 1 rings (SSSR count). The number of hydrogen-bond donors (Lipinski definition) is 2. The largest absolute Gasteiger partial charge is 0.333 e. The summed E-state index contributed by atoms with van der Waals surface area (Å²) in [6.07, 6.45) is 0.0364. The van der Waals surface area contributed by atoms with Crippen LogP contribution in [0.2, 0.25) is 0 Å². The van der Waals surface area contributed by atoms with Crippen LogP contribution in [0.1, 0.15) is 13.3 Å². The second kappa shape index (κ2) is 3.97. The van der Waals surface area contributed by atoms with E-state index in [9.17, 15) is 9.59 Å². The van der Waals surface area contributed by atoms with Crippen LogP contribution in [0.4, 0.5) is 0 Å². The van der Waals surface area contributed by atoms with Crippen molar-refractivity contribution in [2.45, 2.75) is 24.0 Å². The number of carbonyl (C=O) groups is 2. The van der Waals surface area contributed by atoms with Gasteiger partial charge in [0.1, 0.15) is 0 Å². The predicted octanol–water partition coefficient (Wildman–Crippen LogP) is -0.198. The SMILES string of the molecule is CC1SC(CC(=O)NO)C(=O)N1C. The van der Waals surface area contributed by atoms with E-state index in [0.717, 1.165) is 0 Å². The summed E-state index contributed by atoms with van der Waals surface area (Å²) >= 11 is 1.43. The second-order valence-electron chi connectivity index (χ2n) is 2.91. The Hall–Kier alpha value is -0.750. The van der Waals surface area contributed by atoms with E-state index in [-0.39, 0.29) is 23.0 Å². The third kappa shape index (κ3) is 2.13. The number of carbonyl (C=O) groups excluding carboxylic acids is 2. The van der Waals surface area contributed by atoms with Gasteiger partial charge in [-0.2, -0.15) is 0 Å². The zero-order valence-corrected chi connectivity index (χ0v) is 8.30. The molecule has 0 bridgehead atoms. The van der Waals surface area contributed by atoms with Gasteiger partial charge in [-0.15, -0.1) is 11.8 Å². The monoisotopic (exact) mass is 204 g/mol. The molecule has 2 atom stereocenters. The van der Waals surface area contributed by atoms with E-state index in [2.05, 4.69) is 0 Å². The highest BCUT2D eigenvalue weighted by molar-refractivity contribution is 8.01. The first kappa shape index (κ1) is 10.3. The molecule has 1 aliphatic rings. The van der Waals surface area contributed by atoms with Crippen molar-refractivity contribution in [2.75, 3.05) is 7.05 Å². The van der Waals surface area contributed by atoms with Gasteiger partial charge >= 0.3 is 0 Å². The van der Waals surface area contributed by atoms with Crippen molar-refractivity contribution < 1.29 is 14.8 Å². The van der Waals surface area contributed by atoms with Crippen LogP contribution in [-0.4, -0.2) is 39.6 Å². The Morgan fingerprint density at radius 2 is 2.38 bits per heavy atom. The average Bonchev–Trinajstić information content (AvgIpc) is 2.34. The van der Waals surface area contributed by atoms with Gasteiger partial charge in [0.25, 0.3) is 0 Å². The minimum atomic E-state index is -0.520. The molecule has 1 heterocycles. The first-order valence-electron chi connectivity index (χ1n) is 3.91. The minimum Gasteiger partial charge on any atom is -0.333 e. The van der Waals surface area contributed by atoms with Gasteiger partial charge in [0.15, 0.2) is 0 Å². The lowest BCUT2D eigenvalue weighted by molar-refractivity contribution is -0.134. The Morgan fingerprint density at radius 1 is 1.77 bits per heavy atom. The van der Waals surface area contributed by atoms with Crippen molar-refractivity contribution in [3.8, 4) is 0 Å². The van der Waals surface area contributed by atoms with Crippen LogP contribution in [0.15, 0.2) is 0 Å². The Kier molecular flexibility index (Phi) is 3.16. The molecule has 2 unspecified atom stereocenters. The average molecular weight is 204 g/mol. The molecule has 0 aliphatic carbocycles. The highest BCUT2D eigenvalue weighted by atomic mass is 32.2. The van der Waals surface area contributed by atoms with Crippen LogP contribution in [-0.2, 0) is 9.59 Å². The summed E-state index contributed by atoms with van der Waals surface area (Å²) in [7, 11) is 1.71. The van der Waals surface area contributed by atoms with E-state index in [4.69, 9.17) is 5.21 Å². The van der Waals surface area contributed by atoms with Crippen molar-refractivity contribution >= 4 is 23.6 Å². The van der Waals surface area contributed by atoms with Crippen molar-refractivity contribution in [2.24, 2.45) is 0 Å². The molecule has 2 amide bonds. The van der Waals surface area contributed by atoms with Crippen molar-refractivity contribution in [3.05, 3.63) is 0 Å². The third-order valence-electron chi connectivity index (χ3n) is 2.03. The van der Waals surface area contributed by atoms with Crippen LogP contribution in [0.5, 0.6) is 0 Å². The van der Waals surface area contributed by atoms with E-state index in [1.54, 1.807) is 11.9 Å². The van der Waals surface area contributed by atoms with E-state index in [1.165, 1.54) is 17.2 Å². The minimum absolute atomic E-state index is 0.0364. The molecule has 1 fully saturated rings. The molecule has 13 heavy (non-hydrogen) atoms. The van der Waals surface area contributed by atoms with Gasteiger partial charge < -0.3 is 4.90 Å². The molecular formula is C7H12N2O3S. The molecule has 0 radical (unpaired) electrons. The molecule has 0 spiro atoms. The normalized spacial score (nSPS) is 27.9. The molecule has 74 valence electrons. The van der Waals surface area contributed by atoms with Gasteiger partial charge in [-0.1, -0.05) is 0 Å². The van der Waals surface area contributed by atoms with E-state index >= 15 is 0 Å². The Balaban J connectivity index is 2.54. The molecule has 0 aromatic heterocycles. The summed E-state index contributed by atoms with van der Waals surface area (Å²) in [5.41, 5.74) is 1.52. The maximum absolute atomic E-state index is 11.4. The molecule has 0 aromatic rings. The fourth-order valence-electron chi connectivity index (χ4n) is 1.14. The summed E-state index contributed by atoms with van der Waals surface area (Å²) in [6.45, 7) is 1.90. The van der Waals surface area contributed by atoms with Crippen molar-refractivity contribution in [1.29, 1.82) is 0 Å². The summed E-state index contributed by atoms with van der Waals surface area (Å²) in [6, 6.07) is 0. The highest BCUT2D eigenvalue weighted by Gasteiger charge is 2.36.